The number of benzene rings is 1. The van der Waals surface area contributed by atoms with Crippen molar-refractivity contribution in [2.45, 2.75) is 20.3 Å². The normalized spacial score (nSPS) is 10.2. The number of carbonyl (C=O) groups is 2. The van der Waals surface area contributed by atoms with Gasteiger partial charge in [0.25, 0.3) is 5.91 Å². The van der Waals surface area contributed by atoms with Gasteiger partial charge in [-0.05, 0) is 31.0 Å². The van der Waals surface area contributed by atoms with Crippen LogP contribution in [0.15, 0.2) is 47.5 Å². The van der Waals surface area contributed by atoms with Crippen molar-refractivity contribution in [1.82, 2.24) is 10.1 Å². The number of amides is 2. The molecule has 1 N–H and O–H groups in total. The van der Waals surface area contributed by atoms with Crippen LogP contribution in [0.4, 0.5) is 5.82 Å². The van der Waals surface area contributed by atoms with E-state index in [1.54, 1.807) is 31.2 Å². The van der Waals surface area contributed by atoms with Crippen LogP contribution in [0.2, 0.25) is 0 Å². The van der Waals surface area contributed by atoms with Gasteiger partial charge in [0.15, 0.2) is 5.82 Å². The van der Waals surface area contributed by atoms with E-state index in [0.29, 0.717) is 17.1 Å². The monoisotopic (exact) mass is 327 g/mol. The number of nitrogens with one attached hydrogen (secondary N) is 1. The fraction of sp³-hybridized carbons (Fsp3) is 0.278. The Morgan fingerprint density at radius 1 is 1.33 bits per heavy atom. The van der Waals surface area contributed by atoms with Gasteiger partial charge in [0.1, 0.15) is 12.3 Å². The fourth-order valence-electron chi connectivity index (χ4n) is 2.22. The fourth-order valence-corrected chi connectivity index (χ4v) is 2.22. The van der Waals surface area contributed by atoms with Gasteiger partial charge in [0, 0.05) is 18.2 Å². The molecule has 2 rings (SSSR count). The lowest BCUT2D eigenvalue weighted by Crippen LogP contribution is -2.38. The Kier molecular flexibility index (Phi) is 5.89. The number of anilines is 1. The number of hydrogen-bond donors (Lipinski definition) is 1. The van der Waals surface area contributed by atoms with E-state index < -0.39 is 0 Å². The molecule has 0 aliphatic carbocycles. The molecule has 0 aliphatic heterocycles. The highest BCUT2D eigenvalue weighted by atomic mass is 16.5. The second-order valence-corrected chi connectivity index (χ2v) is 5.40. The molecule has 1 heterocycles. The summed E-state index contributed by atoms with van der Waals surface area (Å²) in [6.07, 6.45) is 2.50. The molecule has 0 atom stereocenters. The first-order valence-electron chi connectivity index (χ1n) is 7.75. The average Bonchev–Trinajstić information content (AvgIpc) is 2.98. The number of aromatic nitrogens is 1. The topological polar surface area (TPSA) is 75.4 Å². The van der Waals surface area contributed by atoms with Crippen molar-refractivity contribution in [2.24, 2.45) is 0 Å². The van der Waals surface area contributed by atoms with Crippen molar-refractivity contribution in [2.75, 3.05) is 18.4 Å². The highest BCUT2D eigenvalue weighted by Gasteiger charge is 2.18. The summed E-state index contributed by atoms with van der Waals surface area (Å²) in [6, 6.07) is 8.99. The number of rotatable bonds is 7. The maximum atomic E-state index is 12.6. The highest BCUT2D eigenvalue weighted by Crippen LogP contribution is 2.10. The molecule has 0 fully saturated rings. The minimum Gasteiger partial charge on any atom is -0.360 e. The predicted octanol–water partition coefficient (Wildman–Crippen LogP) is 2.81. The van der Waals surface area contributed by atoms with Crippen LogP contribution in [0, 0.1) is 6.92 Å². The quantitative estimate of drug-likeness (QED) is 0.794. The van der Waals surface area contributed by atoms with Crippen molar-refractivity contribution in [1.29, 1.82) is 0 Å². The first-order valence-corrected chi connectivity index (χ1v) is 7.75. The molecular weight excluding hydrogens is 306 g/mol. The van der Waals surface area contributed by atoms with E-state index in [2.05, 4.69) is 24.0 Å². The molecule has 6 nitrogen and oxygen atoms in total. The van der Waals surface area contributed by atoms with Crippen molar-refractivity contribution in [3.8, 4) is 0 Å². The summed E-state index contributed by atoms with van der Waals surface area (Å²) in [6.45, 7) is 7.62. The lowest BCUT2D eigenvalue weighted by Gasteiger charge is -2.20. The Morgan fingerprint density at radius 2 is 2.04 bits per heavy atom. The molecule has 126 valence electrons. The Hall–Kier alpha value is -2.89. The van der Waals surface area contributed by atoms with Crippen LogP contribution in [-0.4, -0.2) is 35.0 Å². The van der Waals surface area contributed by atoms with Gasteiger partial charge in [0.05, 0.1) is 0 Å². The second kappa shape index (κ2) is 8.10. The van der Waals surface area contributed by atoms with E-state index in [4.69, 9.17) is 4.52 Å². The maximum absolute atomic E-state index is 12.6. The van der Waals surface area contributed by atoms with Gasteiger partial charge in [-0.1, -0.05) is 30.3 Å². The molecule has 0 saturated carbocycles. The maximum Gasteiger partial charge on any atom is 0.254 e. The summed E-state index contributed by atoms with van der Waals surface area (Å²) in [5, 5.41) is 6.30. The zero-order valence-electron chi connectivity index (χ0n) is 13.9. The van der Waals surface area contributed by atoms with Crippen LogP contribution in [0.1, 0.15) is 28.6 Å². The number of aryl methyl sites for hydroxylation is 2. The summed E-state index contributed by atoms with van der Waals surface area (Å²) in [5.74, 6) is 0.365. The lowest BCUT2D eigenvalue weighted by atomic mass is 10.1. The molecule has 0 aliphatic rings. The first kappa shape index (κ1) is 17.5. The Labute approximate surface area is 141 Å². The zero-order chi connectivity index (χ0) is 17.5. The SMILES string of the molecule is C=CCN(CC(=O)Nc1cc(C)on1)C(=O)c1ccc(CC)cc1. The minimum atomic E-state index is -0.344. The number of carbonyl (C=O) groups excluding carboxylic acids is 2. The van der Waals surface area contributed by atoms with Gasteiger partial charge in [-0.2, -0.15) is 0 Å². The van der Waals surface area contributed by atoms with Gasteiger partial charge >= 0.3 is 0 Å². The third-order valence-corrected chi connectivity index (χ3v) is 3.48. The smallest absolute Gasteiger partial charge is 0.254 e. The molecule has 1 aromatic carbocycles. The second-order valence-electron chi connectivity index (χ2n) is 5.40. The van der Waals surface area contributed by atoms with Crippen LogP contribution in [0.3, 0.4) is 0 Å². The van der Waals surface area contributed by atoms with Crippen LogP contribution < -0.4 is 5.32 Å². The summed E-state index contributed by atoms with van der Waals surface area (Å²) in [5.41, 5.74) is 1.69. The van der Waals surface area contributed by atoms with E-state index in [1.165, 1.54) is 4.90 Å². The number of hydrogen-bond acceptors (Lipinski definition) is 4. The van der Waals surface area contributed by atoms with Gasteiger partial charge in [0.2, 0.25) is 5.91 Å². The molecule has 24 heavy (non-hydrogen) atoms. The average molecular weight is 327 g/mol. The molecule has 6 heteroatoms. The largest absolute Gasteiger partial charge is 0.360 e. The van der Waals surface area contributed by atoms with E-state index in [1.807, 2.05) is 12.1 Å². The molecule has 0 spiro atoms. The third kappa shape index (κ3) is 4.55. The highest BCUT2D eigenvalue weighted by molar-refractivity contribution is 5.99. The van der Waals surface area contributed by atoms with E-state index in [9.17, 15) is 9.59 Å². The minimum absolute atomic E-state index is 0.0910. The summed E-state index contributed by atoms with van der Waals surface area (Å²) < 4.78 is 4.89. The van der Waals surface area contributed by atoms with Crippen molar-refractivity contribution in [3.63, 3.8) is 0 Å². The molecule has 0 radical (unpaired) electrons. The van der Waals surface area contributed by atoms with Crippen molar-refractivity contribution in [3.05, 3.63) is 59.9 Å². The van der Waals surface area contributed by atoms with Gasteiger partial charge in [-0.15, -0.1) is 6.58 Å². The Balaban J connectivity index is 2.05. The van der Waals surface area contributed by atoms with Crippen molar-refractivity contribution >= 4 is 17.6 Å². The van der Waals surface area contributed by atoms with Crippen LogP contribution >= 0.6 is 0 Å². The summed E-state index contributed by atoms with van der Waals surface area (Å²) in [7, 11) is 0. The van der Waals surface area contributed by atoms with Crippen LogP contribution in [-0.2, 0) is 11.2 Å². The Morgan fingerprint density at radius 3 is 2.58 bits per heavy atom. The van der Waals surface area contributed by atoms with Gasteiger partial charge in [-0.25, -0.2) is 0 Å². The van der Waals surface area contributed by atoms with Gasteiger partial charge in [-0.3, -0.25) is 9.59 Å². The molecule has 0 saturated heterocycles. The van der Waals surface area contributed by atoms with Crippen LogP contribution in [0.25, 0.3) is 0 Å². The molecule has 1 aromatic heterocycles. The molecule has 2 aromatic rings. The standard InChI is InChI=1S/C18H21N3O3/c1-4-10-21(12-17(22)19-16-11-13(3)24-20-16)18(23)15-8-6-14(5-2)7-9-15/h4,6-9,11H,1,5,10,12H2,2-3H3,(H,19,20,22). The molecule has 2 amide bonds. The third-order valence-electron chi connectivity index (χ3n) is 3.48. The first-order chi connectivity index (χ1) is 11.5. The van der Waals surface area contributed by atoms with E-state index in [-0.39, 0.29) is 24.9 Å². The van der Waals surface area contributed by atoms with Crippen LogP contribution in [0.5, 0.6) is 0 Å². The summed E-state index contributed by atoms with van der Waals surface area (Å²) in [4.78, 5) is 26.1. The Bertz CT molecular complexity index is 719. The molecule has 0 bridgehead atoms. The zero-order valence-corrected chi connectivity index (χ0v) is 13.9. The summed E-state index contributed by atoms with van der Waals surface area (Å²) >= 11 is 0. The lowest BCUT2D eigenvalue weighted by molar-refractivity contribution is -0.116. The van der Waals surface area contributed by atoms with Gasteiger partial charge < -0.3 is 14.7 Å². The van der Waals surface area contributed by atoms with Crippen molar-refractivity contribution < 1.29 is 14.1 Å². The molecule has 0 unspecified atom stereocenters. The van der Waals surface area contributed by atoms with E-state index >= 15 is 0 Å². The number of nitrogens with zero attached hydrogens (tertiary/aromatic N) is 2. The predicted molar refractivity (Wildman–Crippen MR) is 91.8 cm³/mol. The van der Waals surface area contributed by atoms with E-state index in [0.717, 1.165) is 12.0 Å². The molecular formula is C18H21N3O3.